The minimum Gasteiger partial charge on any atom is -0.368 e. The van der Waals surface area contributed by atoms with Crippen LogP contribution in [0.25, 0.3) is 10.8 Å². The Bertz CT molecular complexity index is 1170. The maximum atomic E-state index is 12.8. The van der Waals surface area contributed by atoms with Gasteiger partial charge in [-0.15, -0.1) is 0 Å². The van der Waals surface area contributed by atoms with Crippen molar-refractivity contribution in [3.63, 3.8) is 0 Å². The molecule has 3 aromatic rings. The summed E-state index contributed by atoms with van der Waals surface area (Å²) in [7, 11) is 0. The Balaban J connectivity index is 1.87. The Morgan fingerprint density at radius 3 is 2.47 bits per heavy atom. The summed E-state index contributed by atoms with van der Waals surface area (Å²) in [5, 5.41) is 3.96. The van der Waals surface area contributed by atoms with E-state index in [2.05, 4.69) is 62.6 Å². The molecule has 0 bridgehead atoms. The van der Waals surface area contributed by atoms with Gasteiger partial charge in [-0.3, -0.25) is 14.4 Å². The first-order valence-electron chi connectivity index (χ1n) is 9.31. The number of nitrogens with zero attached hydrogens (tertiary/aromatic N) is 1. The van der Waals surface area contributed by atoms with Crippen molar-refractivity contribution in [2.75, 3.05) is 5.32 Å². The minimum absolute atomic E-state index is 0.154. The van der Waals surface area contributed by atoms with Crippen LogP contribution >= 0.6 is 45.2 Å². The molecule has 2 aromatic carbocycles. The fourth-order valence-electron chi connectivity index (χ4n) is 3.27. The highest BCUT2D eigenvalue weighted by Gasteiger charge is 2.15. The summed E-state index contributed by atoms with van der Waals surface area (Å²) in [5.41, 5.74) is 9.04. The van der Waals surface area contributed by atoms with Crippen LogP contribution in [0.15, 0.2) is 53.5 Å². The molecule has 0 radical (unpaired) electrons. The Kier molecular flexibility index (Phi) is 7.50. The Morgan fingerprint density at radius 2 is 1.80 bits per heavy atom. The number of amides is 2. The number of alkyl halides is 2. The highest BCUT2D eigenvalue weighted by Crippen LogP contribution is 2.23. The third-order valence-corrected chi connectivity index (χ3v) is 6.64. The summed E-state index contributed by atoms with van der Waals surface area (Å²) in [5.74, 6) is -0.737. The van der Waals surface area contributed by atoms with E-state index in [4.69, 9.17) is 5.73 Å². The van der Waals surface area contributed by atoms with Crippen molar-refractivity contribution < 1.29 is 9.59 Å². The van der Waals surface area contributed by atoms with E-state index in [1.54, 1.807) is 31.2 Å². The fraction of sp³-hybridized carbons (Fsp3) is 0.227. The van der Waals surface area contributed by atoms with Gasteiger partial charge in [0.1, 0.15) is 6.04 Å². The molecular formula is C22H21I2N3O3. The molecule has 0 unspecified atom stereocenters. The second kappa shape index (κ2) is 9.90. The minimum atomic E-state index is -0.752. The normalized spacial score (nSPS) is 12.0. The lowest BCUT2D eigenvalue weighted by atomic mass is 10.0. The second-order valence-electron chi connectivity index (χ2n) is 6.97. The first kappa shape index (κ1) is 22.7. The number of primary amides is 1. The highest BCUT2D eigenvalue weighted by molar-refractivity contribution is 14.1. The smallest absolute Gasteiger partial charge is 0.259 e. The fourth-order valence-corrected chi connectivity index (χ4v) is 4.72. The molecule has 3 N–H and O–H groups in total. The average Bonchev–Trinajstić information content (AvgIpc) is 2.73. The van der Waals surface area contributed by atoms with E-state index >= 15 is 0 Å². The molecule has 1 atom stereocenters. The van der Waals surface area contributed by atoms with E-state index in [0.717, 1.165) is 14.4 Å². The number of halogens is 2. The van der Waals surface area contributed by atoms with Gasteiger partial charge in [-0.2, -0.15) is 0 Å². The highest BCUT2D eigenvalue weighted by atomic mass is 127. The van der Waals surface area contributed by atoms with Crippen molar-refractivity contribution in [1.82, 2.24) is 4.57 Å². The number of hydrogen-bond acceptors (Lipinski definition) is 3. The maximum absolute atomic E-state index is 12.8. The molecule has 0 aliphatic carbocycles. The largest absolute Gasteiger partial charge is 0.368 e. The predicted octanol–water partition coefficient (Wildman–Crippen LogP) is 4.10. The van der Waals surface area contributed by atoms with Crippen molar-refractivity contribution in [2.45, 2.75) is 28.2 Å². The number of benzene rings is 2. The van der Waals surface area contributed by atoms with Gasteiger partial charge < -0.3 is 15.6 Å². The number of fused-ring (bicyclic) bond motifs is 1. The second-order valence-corrected chi connectivity index (χ2v) is 8.49. The molecule has 0 fully saturated rings. The molecule has 2 amide bonds. The van der Waals surface area contributed by atoms with Crippen LogP contribution in [0.1, 0.15) is 29.7 Å². The zero-order valence-corrected chi connectivity index (χ0v) is 20.6. The van der Waals surface area contributed by atoms with Crippen LogP contribution in [0.2, 0.25) is 0 Å². The Hall–Kier alpha value is -1.95. The molecule has 1 aromatic heterocycles. The number of pyridine rings is 1. The van der Waals surface area contributed by atoms with Crippen LogP contribution in [0, 0.1) is 0 Å². The number of nitrogens with one attached hydrogen (secondary N) is 1. The van der Waals surface area contributed by atoms with Crippen molar-refractivity contribution in [3.05, 3.63) is 75.7 Å². The van der Waals surface area contributed by atoms with E-state index in [0.29, 0.717) is 16.5 Å². The molecule has 6 nitrogen and oxygen atoms in total. The summed E-state index contributed by atoms with van der Waals surface area (Å²) < 4.78 is 3.13. The first-order valence-corrected chi connectivity index (χ1v) is 12.4. The Labute approximate surface area is 201 Å². The van der Waals surface area contributed by atoms with Gasteiger partial charge in [-0.05, 0) is 41.8 Å². The van der Waals surface area contributed by atoms with Gasteiger partial charge in [0, 0.05) is 31.5 Å². The van der Waals surface area contributed by atoms with Gasteiger partial charge in [0.15, 0.2) is 0 Å². The summed E-state index contributed by atoms with van der Waals surface area (Å²) in [6.45, 7) is 1.58. The molecule has 0 saturated heterocycles. The van der Waals surface area contributed by atoms with Crippen LogP contribution in [-0.4, -0.2) is 16.4 Å². The molecule has 3 rings (SSSR count). The van der Waals surface area contributed by atoms with Crippen LogP contribution in [0.4, 0.5) is 5.69 Å². The number of hydrogen-bond donors (Lipinski definition) is 2. The van der Waals surface area contributed by atoms with Crippen molar-refractivity contribution in [2.24, 2.45) is 5.73 Å². The predicted molar refractivity (Wildman–Crippen MR) is 136 cm³/mol. The summed E-state index contributed by atoms with van der Waals surface area (Å²) in [6.07, 6.45) is 1.78. The van der Waals surface area contributed by atoms with E-state index in [1.807, 2.05) is 6.07 Å². The van der Waals surface area contributed by atoms with E-state index < -0.39 is 11.9 Å². The number of rotatable bonds is 7. The summed E-state index contributed by atoms with van der Waals surface area (Å²) >= 11 is 4.67. The number of carbonyl (C=O) groups excluding carboxylic acids is 2. The van der Waals surface area contributed by atoms with Gasteiger partial charge in [0.25, 0.3) is 5.56 Å². The summed E-state index contributed by atoms with van der Waals surface area (Å²) in [4.78, 5) is 36.9. The summed E-state index contributed by atoms with van der Waals surface area (Å²) in [6, 6.07) is 12.2. The zero-order valence-electron chi connectivity index (χ0n) is 16.3. The van der Waals surface area contributed by atoms with E-state index in [9.17, 15) is 14.4 Å². The lowest BCUT2D eigenvalue weighted by Crippen LogP contribution is -2.31. The van der Waals surface area contributed by atoms with Crippen molar-refractivity contribution in [3.8, 4) is 0 Å². The standard InChI is InChI=1S/C22H21I2N3O3/c1-13(21(25)29)27-8-7-17-18(22(27)30)3-2-4-19(17)26-20(28)10-14-5-6-15(11-23)16(9-14)12-24/h2-9,13H,10-12H2,1H3,(H2,25,29)(H,26,28)/t13-/m0/s1. The molecule has 0 saturated carbocycles. The average molecular weight is 629 g/mol. The molecule has 1 heterocycles. The third kappa shape index (κ3) is 4.85. The van der Waals surface area contributed by atoms with E-state index in [-0.39, 0.29) is 17.9 Å². The lowest BCUT2D eigenvalue weighted by molar-refractivity contribution is -0.120. The van der Waals surface area contributed by atoms with Crippen LogP contribution in [0.5, 0.6) is 0 Å². The number of nitrogens with two attached hydrogens (primary N) is 1. The molecule has 156 valence electrons. The Morgan fingerprint density at radius 1 is 1.07 bits per heavy atom. The third-order valence-electron chi connectivity index (χ3n) is 5.00. The van der Waals surface area contributed by atoms with Gasteiger partial charge in [0.05, 0.1) is 6.42 Å². The first-order chi connectivity index (χ1) is 14.3. The maximum Gasteiger partial charge on any atom is 0.259 e. The van der Waals surface area contributed by atoms with Crippen LogP contribution < -0.4 is 16.6 Å². The zero-order chi connectivity index (χ0) is 21.8. The molecule has 0 aliphatic rings. The monoisotopic (exact) mass is 629 g/mol. The number of anilines is 1. The molecular weight excluding hydrogens is 608 g/mol. The number of carbonyl (C=O) groups is 2. The van der Waals surface area contributed by atoms with Crippen molar-refractivity contribution >= 4 is 73.5 Å². The van der Waals surface area contributed by atoms with Crippen LogP contribution in [0.3, 0.4) is 0 Å². The van der Waals surface area contributed by atoms with Crippen molar-refractivity contribution in [1.29, 1.82) is 0 Å². The van der Waals surface area contributed by atoms with Gasteiger partial charge in [-0.25, -0.2) is 0 Å². The molecule has 0 spiro atoms. The SMILES string of the molecule is C[C@@H](C(N)=O)n1ccc2c(NC(=O)Cc3ccc(CI)c(CI)c3)cccc2c1=O. The topological polar surface area (TPSA) is 94.2 Å². The molecule has 0 aliphatic heterocycles. The quantitative estimate of drug-likeness (QED) is 0.305. The van der Waals surface area contributed by atoms with Gasteiger partial charge >= 0.3 is 0 Å². The lowest BCUT2D eigenvalue weighted by Gasteiger charge is -2.14. The molecule has 30 heavy (non-hydrogen) atoms. The van der Waals surface area contributed by atoms with Gasteiger partial charge in [0.2, 0.25) is 11.8 Å². The van der Waals surface area contributed by atoms with Crippen LogP contribution in [-0.2, 0) is 24.9 Å². The van der Waals surface area contributed by atoms with E-state index in [1.165, 1.54) is 21.9 Å². The number of aromatic nitrogens is 1. The van der Waals surface area contributed by atoms with Gasteiger partial charge in [-0.1, -0.05) is 69.4 Å². The molecule has 8 heteroatoms.